The van der Waals surface area contributed by atoms with Gasteiger partial charge < -0.3 is 24.6 Å². The van der Waals surface area contributed by atoms with E-state index in [2.05, 4.69) is 17.4 Å². The van der Waals surface area contributed by atoms with Gasteiger partial charge >= 0.3 is 5.97 Å². The molecule has 1 fully saturated rings. The van der Waals surface area contributed by atoms with E-state index in [4.69, 9.17) is 14.2 Å². The van der Waals surface area contributed by atoms with Crippen molar-refractivity contribution >= 4 is 11.9 Å². The highest BCUT2D eigenvalue weighted by atomic mass is 16.5. The Morgan fingerprint density at radius 3 is 2.19 bits per heavy atom. The highest BCUT2D eigenvalue weighted by molar-refractivity contribution is 5.89. The van der Waals surface area contributed by atoms with E-state index in [1.165, 1.54) is 5.56 Å². The van der Waals surface area contributed by atoms with Crippen LogP contribution in [-0.2, 0) is 27.2 Å². The molecule has 0 radical (unpaired) electrons. The van der Waals surface area contributed by atoms with E-state index >= 15 is 0 Å². The zero-order valence-electron chi connectivity index (χ0n) is 22.5. The van der Waals surface area contributed by atoms with Crippen LogP contribution in [0.25, 0.3) is 0 Å². The molecule has 0 spiro atoms. The van der Waals surface area contributed by atoms with Crippen LogP contribution in [-0.4, -0.2) is 48.9 Å². The first-order valence-electron chi connectivity index (χ1n) is 13.3. The molecule has 7 heteroatoms. The second-order valence-corrected chi connectivity index (χ2v) is 9.86. The van der Waals surface area contributed by atoms with Gasteiger partial charge in [0, 0.05) is 31.4 Å². The maximum Gasteiger partial charge on any atom is 0.329 e. The van der Waals surface area contributed by atoms with Gasteiger partial charge in [-0.2, -0.15) is 0 Å². The number of amides is 1. The van der Waals surface area contributed by atoms with Gasteiger partial charge in [0.25, 0.3) is 0 Å². The average Bonchev–Trinajstić information content (AvgIpc) is 2.86. The van der Waals surface area contributed by atoms with Gasteiger partial charge in [-0.1, -0.05) is 36.8 Å². The number of carbonyl (C=O) groups excluding carboxylic acids is 1. The summed E-state index contributed by atoms with van der Waals surface area (Å²) < 4.78 is 17.0. The Morgan fingerprint density at radius 2 is 1.65 bits per heavy atom. The summed E-state index contributed by atoms with van der Waals surface area (Å²) in [6, 6.07) is 14.2. The number of ether oxygens (including phenoxy) is 3. The first-order chi connectivity index (χ1) is 17.8. The molecule has 2 N–H and O–H groups in total. The summed E-state index contributed by atoms with van der Waals surface area (Å²) in [5.41, 5.74) is 1.88. The molecule has 1 aliphatic carbocycles. The number of rotatable bonds is 15. The third-order valence-electron chi connectivity index (χ3n) is 7.19. The number of carbonyl (C=O) groups is 2. The van der Waals surface area contributed by atoms with E-state index in [9.17, 15) is 14.7 Å². The SMILES string of the molecule is CCOc1cc(CC(CCCCc2ccccc2)C(=O)NC2(C(=O)O)CC(OC)C2)cc(OCC)c1C. The molecule has 2 aromatic carbocycles. The van der Waals surface area contributed by atoms with Crippen LogP contribution in [0.1, 0.15) is 62.6 Å². The van der Waals surface area contributed by atoms with Crippen LogP contribution in [0.3, 0.4) is 0 Å². The molecule has 0 saturated heterocycles. The molecule has 3 rings (SSSR count). The topological polar surface area (TPSA) is 94.1 Å². The van der Waals surface area contributed by atoms with Gasteiger partial charge in [0.2, 0.25) is 5.91 Å². The minimum atomic E-state index is -1.26. The molecule has 0 bridgehead atoms. The summed E-state index contributed by atoms with van der Waals surface area (Å²) >= 11 is 0. The third kappa shape index (κ3) is 7.48. The smallest absolute Gasteiger partial charge is 0.329 e. The maximum atomic E-state index is 13.5. The molecule has 1 saturated carbocycles. The highest BCUT2D eigenvalue weighted by Gasteiger charge is 2.52. The average molecular weight is 512 g/mol. The first-order valence-corrected chi connectivity index (χ1v) is 13.3. The molecule has 7 nitrogen and oxygen atoms in total. The number of methoxy groups -OCH3 is 1. The van der Waals surface area contributed by atoms with Crippen LogP contribution in [0.2, 0.25) is 0 Å². The van der Waals surface area contributed by atoms with Crippen molar-refractivity contribution in [3.8, 4) is 11.5 Å². The summed E-state index contributed by atoms with van der Waals surface area (Å²) in [6.45, 7) is 6.90. The Morgan fingerprint density at radius 1 is 1.03 bits per heavy atom. The Kier molecular flexibility index (Phi) is 10.4. The summed E-state index contributed by atoms with van der Waals surface area (Å²) in [5.74, 6) is -0.121. The Labute approximate surface area is 220 Å². The van der Waals surface area contributed by atoms with Crippen molar-refractivity contribution in [2.45, 2.75) is 77.4 Å². The zero-order chi connectivity index (χ0) is 26.8. The lowest BCUT2D eigenvalue weighted by Gasteiger charge is -2.44. The molecule has 1 aliphatic rings. The Balaban J connectivity index is 1.77. The zero-order valence-corrected chi connectivity index (χ0v) is 22.5. The second-order valence-electron chi connectivity index (χ2n) is 9.86. The standard InChI is InChI=1S/C30H41NO6/c1-5-36-26-17-23(18-27(21(26)3)37-6-2)16-24(15-11-10-14-22-12-8-7-9-13-22)28(32)31-30(29(33)34)19-25(20-30)35-4/h7-9,12-13,17-18,24-25H,5-6,10-11,14-16,19-20H2,1-4H3,(H,31,32)(H,33,34). The molecule has 0 aliphatic heterocycles. The van der Waals surface area contributed by atoms with Crippen molar-refractivity contribution in [3.05, 3.63) is 59.2 Å². The van der Waals surface area contributed by atoms with Crippen molar-refractivity contribution < 1.29 is 28.9 Å². The van der Waals surface area contributed by atoms with Gasteiger partial charge in [0.05, 0.1) is 19.3 Å². The van der Waals surface area contributed by atoms with E-state index in [-0.39, 0.29) is 30.8 Å². The van der Waals surface area contributed by atoms with Crippen molar-refractivity contribution in [2.75, 3.05) is 20.3 Å². The molecule has 202 valence electrons. The number of carboxylic acid groups (broad SMARTS) is 1. The highest BCUT2D eigenvalue weighted by Crippen LogP contribution is 2.36. The number of benzene rings is 2. The molecule has 0 aromatic heterocycles. The van der Waals surface area contributed by atoms with Crippen LogP contribution >= 0.6 is 0 Å². The van der Waals surface area contributed by atoms with Crippen LogP contribution in [0, 0.1) is 12.8 Å². The van der Waals surface area contributed by atoms with Crippen LogP contribution in [0.4, 0.5) is 0 Å². The number of hydrogen-bond acceptors (Lipinski definition) is 5. The van der Waals surface area contributed by atoms with E-state index in [1.807, 2.05) is 51.1 Å². The van der Waals surface area contributed by atoms with E-state index in [0.29, 0.717) is 26.1 Å². The van der Waals surface area contributed by atoms with E-state index in [0.717, 1.165) is 41.9 Å². The molecule has 37 heavy (non-hydrogen) atoms. The van der Waals surface area contributed by atoms with Crippen molar-refractivity contribution in [1.82, 2.24) is 5.32 Å². The second kappa shape index (κ2) is 13.5. The molecular weight excluding hydrogens is 470 g/mol. The number of aryl methyl sites for hydroxylation is 1. The Hall–Kier alpha value is -3.06. The van der Waals surface area contributed by atoms with Crippen molar-refractivity contribution in [2.24, 2.45) is 5.92 Å². The quantitative estimate of drug-likeness (QED) is 0.323. The predicted octanol–water partition coefficient (Wildman–Crippen LogP) is 5.11. The maximum absolute atomic E-state index is 13.5. The normalized spacial score (nSPS) is 19.5. The fourth-order valence-corrected chi connectivity index (χ4v) is 4.97. The molecule has 1 unspecified atom stereocenters. The Bertz CT molecular complexity index is 1000. The van der Waals surface area contributed by atoms with E-state index in [1.54, 1.807) is 7.11 Å². The summed E-state index contributed by atoms with van der Waals surface area (Å²) in [5, 5.41) is 12.8. The van der Waals surface area contributed by atoms with Crippen LogP contribution < -0.4 is 14.8 Å². The minimum Gasteiger partial charge on any atom is -0.493 e. The molecule has 1 amide bonds. The van der Waals surface area contributed by atoms with Gasteiger partial charge in [0.15, 0.2) is 0 Å². The van der Waals surface area contributed by atoms with E-state index < -0.39 is 11.5 Å². The van der Waals surface area contributed by atoms with Gasteiger partial charge in [-0.15, -0.1) is 0 Å². The summed E-state index contributed by atoms with van der Waals surface area (Å²) in [7, 11) is 1.57. The first kappa shape index (κ1) is 28.5. The van der Waals surface area contributed by atoms with Crippen molar-refractivity contribution in [3.63, 3.8) is 0 Å². The van der Waals surface area contributed by atoms with Crippen LogP contribution in [0.15, 0.2) is 42.5 Å². The number of unbranched alkanes of at least 4 members (excludes halogenated alkanes) is 1. The minimum absolute atomic E-state index is 0.152. The number of aliphatic carboxylic acids is 1. The lowest BCUT2D eigenvalue weighted by molar-refractivity contribution is -0.160. The number of nitrogens with one attached hydrogen (secondary N) is 1. The summed E-state index contributed by atoms with van der Waals surface area (Å²) in [6.07, 6.45) is 4.28. The van der Waals surface area contributed by atoms with Gasteiger partial charge in [0.1, 0.15) is 17.0 Å². The van der Waals surface area contributed by atoms with Crippen molar-refractivity contribution in [1.29, 1.82) is 0 Å². The largest absolute Gasteiger partial charge is 0.493 e. The lowest BCUT2D eigenvalue weighted by atomic mass is 9.73. The third-order valence-corrected chi connectivity index (χ3v) is 7.19. The monoisotopic (exact) mass is 511 g/mol. The fraction of sp³-hybridized carbons (Fsp3) is 0.533. The van der Waals surface area contributed by atoms with Gasteiger partial charge in [-0.25, -0.2) is 4.79 Å². The van der Waals surface area contributed by atoms with Crippen LogP contribution in [0.5, 0.6) is 11.5 Å². The molecular formula is C30H41NO6. The molecule has 1 atom stereocenters. The fourth-order valence-electron chi connectivity index (χ4n) is 4.97. The summed E-state index contributed by atoms with van der Waals surface area (Å²) in [4.78, 5) is 25.6. The number of hydrogen-bond donors (Lipinski definition) is 2. The van der Waals surface area contributed by atoms with Gasteiger partial charge in [-0.3, -0.25) is 4.79 Å². The lowest BCUT2D eigenvalue weighted by Crippen LogP contribution is -2.65. The predicted molar refractivity (Wildman–Crippen MR) is 143 cm³/mol. The molecule has 0 heterocycles. The van der Waals surface area contributed by atoms with Gasteiger partial charge in [-0.05, 0) is 69.7 Å². The number of carboxylic acids is 1. The molecule has 2 aromatic rings.